The van der Waals surface area contributed by atoms with E-state index in [9.17, 15) is 0 Å². The molecule has 2 heterocycles. The van der Waals surface area contributed by atoms with Gasteiger partial charge in [0.2, 0.25) is 0 Å². The van der Waals surface area contributed by atoms with Crippen molar-refractivity contribution >= 4 is 11.8 Å². The second kappa shape index (κ2) is 5.35. The molecule has 14 heavy (non-hydrogen) atoms. The van der Waals surface area contributed by atoms with Crippen LogP contribution in [0.3, 0.4) is 0 Å². The van der Waals surface area contributed by atoms with E-state index < -0.39 is 0 Å². The molecule has 0 aromatic carbocycles. The van der Waals surface area contributed by atoms with Gasteiger partial charge in [-0.1, -0.05) is 0 Å². The van der Waals surface area contributed by atoms with Crippen LogP contribution >= 0.6 is 11.8 Å². The second-order valence-corrected chi connectivity index (χ2v) is 5.24. The number of thioether (sulfide) groups is 1. The maximum absolute atomic E-state index is 9.05. The lowest BCUT2D eigenvalue weighted by molar-refractivity contribution is -0.0655. The summed E-state index contributed by atoms with van der Waals surface area (Å²) in [6.07, 6.45) is 2.67. The summed E-state index contributed by atoms with van der Waals surface area (Å²) in [4.78, 5) is 2.50. The Morgan fingerprint density at radius 3 is 2.86 bits per heavy atom. The zero-order valence-corrected chi connectivity index (χ0v) is 9.34. The van der Waals surface area contributed by atoms with Crippen LogP contribution in [0.5, 0.6) is 0 Å². The summed E-state index contributed by atoms with van der Waals surface area (Å²) < 4.78 is 5.45. The van der Waals surface area contributed by atoms with Gasteiger partial charge in [-0.05, 0) is 24.3 Å². The summed E-state index contributed by atoms with van der Waals surface area (Å²) in [5, 5.41) is 9.05. The fourth-order valence-corrected chi connectivity index (χ4v) is 3.32. The molecule has 0 bridgehead atoms. The molecule has 2 rings (SSSR count). The van der Waals surface area contributed by atoms with Crippen LogP contribution in [0.15, 0.2) is 0 Å². The van der Waals surface area contributed by atoms with Gasteiger partial charge in [0, 0.05) is 19.1 Å². The minimum Gasteiger partial charge on any atom is -0.394 e. The first-order valence-corrected chi connectivity index (χ1v) is 6.60. The van der Waals surface area contributed by atoms with Gasteiger partial charge in [-0.2, -0.15) is 11.8 Å². The zero-order chi connectivity index (χ0) is 9.80. The predicted octanol–water partition coefficient (Wildman–Crippen LogP) is 0.575. The van der Waals surface area contributed by atoms with Crippen LogP contribution in [0.2, 0.25) is 0 Å². The summed E-state index contributed by atoms with van der Waals surface area (Å²) in [6, 6.07) is 0.745. The van der Waals surface area contributed by atoms with Crippen molar-refractivity contribution in [1.29, 1.82) is 0 Å². The molecule has 1 N–H and O–H groups in total. The zero-order valence-electron chi connectivity index (χ0n) is 8.52. The summed E-state index contributed by atoms with van der Waals surface area (Å²) in [7, 11) is 0. The van der Waals surface area contributed by atoms with E-state index >= 15 is 0 Å². The predicted molar refractivity (Wildman–Crippen MR) is 58.7 cm³/mol. The van der Waals surface area contributed by atoms with Gasteiger partial charge in [0.15, 0.2) is 0 Å². The van der Waals surface area contributed by atoms with Gasteiger partial charge in [-0.15, -0.1) is 0 Å². The molecule has 0 spiro atoms. The average molecular weight is 217 g/mol. The third-order valence-corrected chi connectivity index (χ3v) is 4.13. The Kier molecular flexibility index (Phi) is 4.10. The molecule has 82 valence electrons. The minimum atomic E-state index is 0.0540. The van der Waals surface area contributed by atoms with E-state index in [1.165, 1.54) is 24.3 Å². The molecule has 0 radical (unpaired) electrons. The molecule has 2 saturated heterocycles. The highest BCUT2D eigenvalue weighted by molar-refractivity contribution is 7.99. The molecule has 0 unspecified atom stereocenters. The van der Waals surface area contributed by atoms with Gasteiger partial charge >= 0.3 is 0 Å². The Morgan fingerprint density at radius 1 is 1.36 bits per heavy atom. The first-order valence-electron chi connectivity index (χ1n) is 5.44. The molecule has 3 nitrogen and oxygen atoms in total. The third-order valence-electron chi connectivity index (χ3n) is 3.08. The molecule has 2 aliphatic rings. The Bertz CT molecular complexity index is 174. The molecule has 0 aliphatic carbocycles. The van der Waals surface area contributed by atoms with Crippen molar-refractivity contribution in [2.24, 2.45) is 0 Å². The van der Waals surface area contributed by atoms with Crippen molar-refractivity contribution in [3.8, 4) is 0 Å². The van der Waals surface area contributed by atoms with Crippen LogP contribution < -0.4 is 0 Å². The van der Waals surface area contributed by atoms with E-state index in [0.29, 0.717) is 0 Å². The normalized spacial score (nSPS) is 31.9. The van der Waals surface area contributed by atoms with Crippen molar-refractivity contribution in [1.82, 2.24) is 4.90 Å². The Morgan fingerprint density at radius 2 is 2.14 bits per heavy atom. The first kappa shape index (κ1) is 10.7. The maximum Gasteiger partial charge on any atom is 0.0932 e. The average Bonchev–Trinajstić information content (AvgIpc) is 2.30. The number of aliphatic hydroxyl groups excluding tert-OH is 1. The molecule has 0 amide bonds. The lowest BCUT2D eigenvalue weighted by Crippen LogP contribution is -2.49. The van der Waals surface area contributed by atoms with Crippen LogP contribution in [0.1, 0.15) is 12.8 Å². The number of hydrogen-bond acceptors (Lipinski definition) is 4. The summed E-state index contributed by atoms with van der Waals surface area (Å²) >= 11 is 2.06. The Balaban J connectivity index is 1.83. The molecular weight excluding hydrogens is 198 g/mol. The van der Waals surface area contributed by atoms with Gasteiger partial charge in [0.05, 0.1) is 19.3 Å². The third kappa shape index (κ3) is 2.63. The molecular formula is C10H19NO2S. The highest BCUT2D eigenvalue weighted by atomic mass is 32.2. The van der Waals surface area contributed by atoms with E-state index in [1.807, 2.05) is 0 Å². The minimum absolute atomic E-state index is 0.0540. The number of aliphatic hydroxyl groups is 1. The molecule has 0 aromatic rings. The standard InChI is InChI=1S/C10H19NO2S/c12-8-10-7-11(3-4-13-10)9-1-5-14-6-2-9/h9-10,12H,1-8H2/t10-/m0/s1. The smallest absolute Gasteiger partial charge is 0.0932 e. The van der Waals surface area contributed by atoms with E-state index in [-0.39, 0.29) is 12.7 Å². The van der Waals surface area contributed by atoms with Gasteiger partial charge in [0.1, 0.15) is 0 Å². The van der Waals surface area contributed by atoms with Crippen molar-refractivity contribution in [3.05, 3.63) is 0 Å². The molecule has 4 heteroatoms. The van der Waals surface area contributed by atoms with Gasteiger partial charge in [0.25, 0.3) is 0 Å². The molecule has 0 aromatic heterocycles. The molecule has 2 aliphatic heterocycles. The van der Waals surface area contributed by atoms with Crippen molar-refractivity contribution in [2.45, 2.75) is 25.0 Å². The van der Waals surface area contributed by atoms with Crippen LogP contribution in [-0.2, 0) is 4.74 Å². The van der Waals surface area contributed by atoms with E-state index in [0.717, 1.165) is 25.7 Å². The quantitative estimate of drug-likeness (QED) is 0.733. The van der Waals surface area contributed by atoms with Gasteiger partial charge < -0.3 is 9.84 Å². The van der Waals surface area contributed by atoms with E-state index in [1.54, 1.807) is 0 Å². The fourth-order valence-electron chi connectivity index (χ4n) is 2.23. The van der Waals surface area contributed by atoms with Crippen LogP contribution in [0.25, 0.3) is 0 Å². The summed E-state index contributed by atoms with van der Waals surface area (Å²) in [5.74, 6) is 2.59. The van der Waals surface area contributed by atoms with Crippen LogP contribution in [0.4, 0.5) is 0 Å². The van der Waals surface area contributed by atoms with Gasteiger partial charge in [-0.3, -0.25) is 4.90 Å². The number of ether oxygens (including phenoxy) is 1. The monoisotopic (exact) mass is 217 g/mol. The highest BCUT2D eigenvalue weighted by Crippen LogP contribution is 2.23. The Labute approximate surface area is 89.8 Å². The van der Waals surface area contributed by atoms with Crippen LogP contribution in [0, 0.1) is 0 Å². The number of morpholine rings is 1. The van der Waals surface area contributed by atoms with E-state index in [2.05, 4.69) is 16.7 Å². The van der Waals surface area contributed by atoms with E-state index in [4.69, 9.17) is 9.84 Å². The number of nitrogens with zero attached hydrogens (tertiary/aromatic N) is 1. The van der Waals surface area contributed by atoms with Crippen molar-refractivity contribution in [3.63, 3.8) is 0 Å². The topological polar surface area (TPSA) is 32.7 Å². The first-order chi connectivity index (χ1) is 6.90. The lowest BCUT2D eigenvalue weighted by atomic mass is 10.1. The van der Waals surface area contributed by atoms with Crippen molar-refractivity contribution < 1.29 is 9.84 Å². The van der Waals surface area contributed by atoms with Crippen molar-refractivity contribution in [2.75, 3.05) is 37.8 Å². The highest BCUT2D eigenvalue weighted by Gasteiger charge is 2.26. The summed E-state index contributed by atoms with van der Waals surface area (Å²) in [6.45, 7) is 2.92. The van der Waals surface area contributed by atoms with Gasteiger partial charge in [-0.25, -0.2) is 0 Å². The SMILES string of the molecule is OC[C@@H]1CN(C2CCSCC2)CCO1. The fraction of sp³-hybridized carbons (Fsp3) is 1.00. The lowest BCUT2D eigenvalue weighted by Gasteiger charge is -2.39. The number of rotatable bonds is 2. The largest absolute Gasteiger partial charge is 0.394 e. The second-order valence-electron chi connectivity index (χ2n) is 4.01. The molecule has 0 saturated carbocycles. The maximum atomic E-state index is 9.05. The van der Waals surface area contributed by atoms with Crippen LogP contribution in [-0.4, -0.2) is 60.0 Å². The molecule has 2 fully saturated rings. The Hall–Kier alpha value is 0.230. The summed E-state index contributed by atoms with van der Waals surface area (Å²) in [5.41, 5.74) is 0. The number of hydrogen-bond donors (Lipinski definition) is 1. The molecule has 1 atom stereocenters.